The van der Waals surface area contributed by atoms with Crippen molar-refractivity contribution in [2.75, 3.05) is 19.6 Å². The van der Waals surface area contributed by atoms with E-state index in [1.807, 2.05) is 0 Å². The molecule has 0 radical (unpaired) electrons. The van der Waals surface area contributed by atoms with Crippen LogP contribution in [0.25, 0.3) is 0 Å². The lowest BCUT2D eigenvalue weighted by molar-refractivity contribution is -0.128. The fraction of sp³-hybridized carbons (Fsp3) is 0.714. The third-order valence-electron chi connectivity index (χ3n) is 3.39. The van der Waals surface area contributed by atoms with Crippen molar-refractivity contribution in [1.82, 2.24) is 14.8 Å². The Morgan fingerprint density at radius 1 is 1.27 bits per heavy atom. The van der Waals surface area contributed by atoms with E-state index in [-0.39, 0.29) is 23.1 Å². The Bertz CT molecular complexity index is 576. The van der Waals surface area contributed by atoms with Crippen LogP contribution in [0, 0.1) is 13.8 Å². The van der Waals surface area contributed by atoms with Crippen LogP contribution in [0.4, 0.5) is 0 Å². The van der Waals surface area contributed by atoms with Gasteiger partial charge in [-0.15, -0.1) is 0 Å². The van der Waals surface area contributed by atoms with Crippen molar-refractivity contribution >= 4 is 15.9 Å². The lowest BCUT2D eigenvalue weighted by atomic mass is 10.2. The second-order valence-electron chi connectivity index (χ2n) is 5.26. The van der Waals surface area contributed by atoms with E-state index in [0.29, 0.717) is 18.8 Å². The number of hydrogen-bond donors (Lipinski definition) is 1. The molecule has 22 heavy (non-hydrogen) atoms. The normalized spacial score (nSPS) is 11.6. The molecule has 0 aromatic carbocycles. The quantitative estimate of drug-likeness (QED) is 0.694. The lowest BCUT2D eigenvalue weighted by Gasteiger charge is -2.21. The summed E-state index contributed by atoms with van der Waals surface area (Å²) in [4.78, 5) is 13.3. The Labute approximate surface area is 132 Å². The Hall–Kier alpha value is -1.41. The molecule has 1 amide bonds. The van der Waals surface area contributed by atoms with Crippen molar-refractivity contribution < 1.29 is 17.7 Å². The summed E-state index contributed by atoms with van der Waals surface area (Å²) in [5, 5.41) is 3.65. The molecule has 0 spiro atoms. The highest BCUT2D eigenvalue weighted by Gasteiger charge is 2.23. The molecule has 0 saturated heterocycles. The predicted octanol–water partition coefficient (Wildman–Crippen LogP) is 1.61. The summed E-state index contributed by atoms with van der Waals surface area (Å²) in [5.74, 6) is 0.212. The molecule has 1 N–H and O–H groups in total. The van der Waals surface area contributed by atoms with Crippen LogP contribution in [0.5, 0.6) is 0 Å². The first-order valence-corrected chi connectivity index (χ1v) is 8.96. The number of aryl methyl sites for hydroxylation is 2. The van der Waals surface area contributed by atoms with Gasteiger partial charge in [-0.2, -0.15) is 0 Å². The number of carbonyl (C=O) groups is 1. The van der Waals surface area contributed by atoms with Gasteiger partial charge in [0.15, 0.2) is 5.76 Å². The zero-order valence-electron chi connectivity index (χ0n) is 13.7. The maximum atomic E-state index is 12.2. The molecule has 1 rings (SSSR count). The van der Waals surface area contributed by atoms with Gasteiger partial charge in [-0.3, -0.25) is 4.79 Å². The molecule has 0 atom stereocenters. The Morgan fingerprint density at radius 2 is 1.95 bits per heavy atom. The van der Waals surface area contributed by atoms with Crippen LogP contribution in [0.15, 0.2) is 9.42 Å². The number of nitrogens with zero attached hydrogens (tertiary/aromatic N) is 2. The van der Waals surface area contributed by atoms with E-state index in [9.17, 15) is 13.2 Å². The van der Waals surface area contributed by atoms with Crippen LogP contribution >= 0.6 is 0 Å². The summed E-state index contributed by atoms with van der Waals surface area (Å²) in [6, 6.07) is 0. The van der Waals surface area contributed by atoms with E-state index in [1.54, 1.807) is 18.7 Å². The Morgan fingerprint density at radius 3 is 2.45 bits per heavy atom. The summed E-state index contributed by atoms with van der Waals surface area (Å²) in [5.41, 5.74) is 0.330. The molecule has 0 unspecified atom stereocenters. The Kier molecular flexibility index (Phi) is 7.02. The SMILES string of the molecule is CCCCCN(CCNS(=O)(=O)c1c(C)noc1C)C(C)=O. The molecule has 126 valence electrons. The highest BCUT2D eigenvalue weighted by atomic mass is 32.2. The minimum atomic E-state index is -3.67. The smallest absolute Gasteiger partial charge is 0.246 e. The highest BCUT2D eigenvalue weighted by Crippen LogP contribution is 2.18. The molecule has 1 heterocycles. The van der Waals surface area contributed by atoms with Gasteiger partial charge in [-0.25, -0.2) is 13.1 Å². The lowest BCUT2D eigenvalue weighted by Crippen LogP contribution is -2.38. The monoisotopic (exact) mass is 331 g/mol. The van der Waals surface area contributed by atoms with Gasteiger partial charge in [0.1, 0.15) is 10.6 Å². The van der Waals surface area contributed by atoms with E-state index in [4.69, 9.17) is 4.52 Å². The van der Waals surface area contributed by atoms with Gasteiger partial charge >= 0.3 is 0 Å². The van der Waals surface area contributed by atoms with Crippen LogP contribution in [-0.2, 0) is 14.8 Å². The van der Waals surface area contributed by atoms with Crippen LogP contribution in [-0.4, -0.2) is 44.0 Å². The molecule has 8 heteroatoms. The standard InChI is InChI=1S/C14H25N3O4S/c1-5-6-7-9-17(13(4)18)10-8-15-22(19,20)14-11(2)16-21-12(14)3/h15H,5-10H2,1-4H3. The summed E-state index contributed by atoms with van der Waals surface area (Å²) < 4.78 is 31.8. The maximum Gasteiger partial charge on any atom is 0.246 e. The average molecular weight is 331 g/mol. The molecule has 0 aliphatic rings. The highest BCUT2D eigenvalue weighted by molar-refractivity contribution is 7.89. The topological polar surface area (TPSA) is 92.5 Å². The number of unbranched alkanes of at least 4 members (excludes halogenated alkanes) is 2. The van der Waals surface area contributed by atoms with Gasteiger partial charge in [-0.1, -0.05) is 24.9 Å². The maximum absolute atomic E-state index is 12.2. The summed E-state index contributed by atoms with van der Waals surface area (Å²) in [6.07, 6.45) is 3.05. The van der Waals surface area contributed by atoms with E-state index < -0.39 is 10.0 Å². The fourth-order valence-electron chi connectivity index (χ4n) is 2.22. The van der Waals surface area contributed by atoms with Crippen molar-refractivity contribution in [2.24, 2.45) is 0 Å². The van der Waals surface area contributed by atoms with Crippen LogP contribution < -0.4 is 4.72 Å². The molecular weight excluding hydrogens is 306 g/mol. The fourth-order valence-corrected chi connectivity index (χ4v) is 3.57. The number of rotatable bonds is 9. The molecular formula is C14H25N3O4S. The summed E-state index contributed by atoms with van der Waals surface area (Å²) in [7, 11) is -3.67. The van der Waals surface area contributed by atoms with Gasteiger partial charge in [0.25, 0.3) is 0 Å². The summed E-state index contributed by atoms with van der Waals surface area (Å²) >= 11 is 0. The molecule has 0 aliphatic heterocycles. The minimum absolute atomic E-state index is 0.0485. The summed E-state index contributed by atoms with van der Waals surface area (Å²) in [6.45, 7) is 7.89. The minimum Gasteiger partial charge on any atom is -0.360 e. The third-order valence-corrected chi connectivity index (χ3v) is 5.09. The van der Waals surface area contributed by atoms with Crippen LogP contribution in [0.3, 0.4) is 0 Å². The second-order valence-corrected chi connectivity index (χ2v) is 6.97. The number of hydrogen-bond acceptors (Lipinski definition) is 5. The van der Waals surface area contributed by atoms with E-state index >= 15 is 0 Å². The zero-order valence-corrected chi connectivity index (χ0v) is 14.5. The Balaban J connectivity index is 2.59. The number of amides is 1. The third kappa shape index (κ3) is 5.10. The molecule has 0 fully saturated rings. The number of aromatic nitrogens is 1. The van der Waals surface area contributed by atoms with E-state index in [0.717, 1.165) is 19.3 Å². The predicted molar refractivity (Wildman–Crippen MR) is 82.9 cm³/mol. The van der Waals surface area contributed by atoms with Crippen molar-refractivity contribution in [3.8, 4) is 0 Å². The first kappa shape index (κ1) is 18.6. The zero-order chi connectivity index (χ0) is 16.8. The number of nitrogens with one attached hydrogen (secondary N) is 1. The molecule has 1 aromatic rings. The largest absolute Gasteiger partial charge is 0.360 e. The van der Waals surface area contributed by atoms with E-state index in [1.165, 1.54) is 6.92 Å². The molecule has 0 saturated carbocycles. The van der Waals surface area contributed by atoms with Gasteiger partial charge in [0, 0.05) is 26.6 Å². The van der Waals surface area contributed by atoms with Crippen molar-refractivity contribution in [1.29, 1.82) is 0 Å². The molecule has 0 aliphatic carbocycles. The van der Waals surface area contributed by atoms with Crippen molar-refractivity contribution in [2.45, 2.75) is 51.9 Å². The molecule has 1 aromatic heterocycles. The van der Waals surface area contributed by atoms with Crippen molar-refractivity contribution in [3.05, 3.63) is 11.5 Å². The second kappa shape index (κ2) is 8.28. The first-order valence-electron chi connectivity index (χ1n) is 7.47. The van der Waals surface area contributed by atoms with Crippen molar-refractivity contribution in [3.63, 3.8) is 0 Å². The number of carbonyl (C=O) groups excluding carboxylic acids is 1. The van der Waals surface area contributed by atoms with Gasteiger partial charge in [-0.05, 0) is 20.3 Å². The van der Waals surface area contributed by atoms with Crippen LogP contribution in [0.1, 0.15) is 44.6 Å². The van der Waals surface area contributed by atoms with Gasteiger partial charge in [0.2, 0.25) is 15.9 Å². The van der Waals surface area contributed by atoms with Gasteiger partial charge < -0.3 is 9.42 Å². The van der Waals surface area contributed by atoms with E-state index in [2.05, 4.69) is 16.8 Å². The van der Waals surface area contributed by atoms with Crippen LogP contribution in [0.2, 0.25) is 0 Å². The molecule has 7 nitrogen and oxygen atoms in total. The molecule has 0 bridgehead atoms. The average Bonchev–Trinajstić information content (AvgIpc) is 2.77. The number of sulfonamides is 1. The van der Waals surface area contributed by atoms with Gasteiger partial charge in [0.05, 0.1) is 0 Å². The first-order chi connectivity index (χ1) is 10.3.